The molecular formula is C20H29N5O2. The van der Waals surface area contributed by atoms with Gasteiger partial charge in [0.25, 0.3) is 0 Å². The van der Waals surface area contributed by atoms with Crippen LogP contribution in [0.1, 0.15) is 56.3 Å². The van der Waals surface area contributed by atoms with Gasteiger partial charge in [-0.15, -0.1) is 0 Å². The van der Waals surface area contributed by atoms with Crippen molar-refractivity contribution in [2.24, 2.45) is 5.92 Å². The first kappa shape index (κ1) is 17.2. The molecule has 5 rings (SSSR count). The van der Waals surface area contributed by atoms with E-state index in [2.05, 4.69) is 20.2 Å². The van der Waals surface area contributed by atoms with Gasteiger partial charge in [-0.1, -0.05) is 6.42 Å². The van der Waals surface area contributed by atoms with Crippen LogP contribution in [0.2, 0.25) is 0 Å². The fraction of sp³-hybridized carbons (Fsp3) is 0.750. The first-order chi connectivity index (χ1) is 13.2. The van der Waals surface area contributed by atoms with Crippen molar-refractivity contribution < 1.29 is 9.59 Å². The summed E-state index contributed by atoms with van der Waals surface area (Å²) in [7, 11) is 0. The van der Waals surface area contributed by atoms with Gasteiger partial charge in [-0.3, -0.25) is 9.59 Å². The Morgan fingerprint density at radius 3 is 2.56 bits per heavy atom. The van der Waals surface area contributed by atoms with Crippen LogP contribution >= 0.6 is 0 Å². The van der Waals surface area contributed by atoms with Gasteiger partial charge in [0.2, 0.25) is 11.8 Å². The average molecular weight is 371 g/mol. The highest BCUT2D eigenvalue weighted by atomic mass is 16.2. The summed E-state index contributed by atoms with van der Waals surface area (Å²) < 4.78 is 0. The van der Waals surface area contributed by atoms with E-state index in [1.54, 1.807) is 6.33 Å². The molecule has 2 saturated heterocycles. The minimum Gasteiger partial charge on any atom is -0.348 e. The highest BCUT2D eigenvalue weighted by Crippen LogP contribution is 2.44. The van der Waals surface area contributed by atoms with Crippen molar-refractivity contribution in [3.63, 3.8) is 0 Å². The molecule has 3 fully saturated rings. The van der Waals surface area contributed by atoms with Gasteiger partial charge in [0, 0.05) is 37.7 Å². The largest absolute Gasteiger partial charge is 0.348 e. The van der Waals surface area contributed by atoms with Crippen LogP contribution in [0.15, 0.2) is 6.33 Å². The Morgan fingerprint density at radius 1 is 1.07 bits per heavy atom. The molecule has 3 aliphatic heterocycles. The summed E-state index contributed by atoms with van der Waals surface area (Å²) in [4.78, 5) is 38.1. The molecule has 2 amide bonds. The van der Waals surface area contributed by atoms with E-state index in [-0.39, 0.29) is 23.4 Å². The molecule has 146 valence electrons. The van der Waals surface area contributed by atoms with Crippen molar-refractivity contribution in [2.45, 2.75) is 62.9 Å². The number of amides is 2. The first-order valence-electron chi connectivity index (χ1n) is 10.6. The van der Waals surface area contributed by atoms with Gasteiger partial charge in [0.05, 0.1) is 23.6 Å². The molecule has 1 spiro atoms. The molecule has 2 N–H and O–H groups in total. The van der Waals surface area contributed by atoms with Gasteiger partial charge in [-0.25, -0.2) is 4.98 Å². The van der Waals surface area contributed by atoms with Crippen molar-refractivity contribution in [3.8, 4) is 0 Å². The van der Waals surface area contributed by atoms with Crippen molar-refractivity contribution in [1.82, 2.24) is 25.1 Å². The maximum Gasteiger partial charge on any atom is 0.239 e. The van der Waals surface area contributed by atoms with E-state index < -0.39 is 0 Å². The molecule has 0 unspecified atom stereocenters. The van der Waals surface area contributed by atoms with Crippen molar-refractivity contribution in [3.05, 3.63) is 17.7 Å². The molecule has 0 bridgehead atoms. The number of nitrogens with zero attached hydrogens (tertiary/aromatic N) is 3. The Balaban J connectivity index is 1.38. The standard InChI is InChI=1S/C20H29N5O2/c26-18(14-3-1-4-14)25-10-6-15-17(23-13-22-15)20(25)7-11-24(12-8-20)19(27)16-5-2-9-21-16/h13-14,16,21H,1-12H2,(H,22,23)/t16-/m1/s1. The molecule has 4 aliphatic rings. The zero-order chi connectivity index (χ0) is 18.4. The molecule has 7 heteroatoms. The van der Waals surface area contributed by atoms with E-state index in [9.17, 15) is 9.59 Å². The molecule has 1 atom stereocenters. The highest BCUT2D eigenvalue weighted by molar-refractivity contribution is 5.83. The summed E-state index contributed by atoms with van der Waals surface area (Å²) in [6.45, 7) is 3.12. The summed E-state index contributed by atoms with van der Waals surface area (Å²) in [6.07, 6.45) is 9.44. The zero-order valence-corrected chi connectivity index (χ0v) is 15.9. The number of aromatic nitrogens is 2. The molecule has 1 aliphatic carbocycles. The molecule has 7 nitrogen and oxygen atoms in total. The van der Waals surface area contributed by atoms with Crippen LogP contribution < -0.4 is 5.32 Å². The topological polar surface area (TPSA) is 81.3 Å². The Morgan fingerprint density at radius 2 is 1.89 bits per heavy atom. The van der Waals surface area contributed by atoms with Crippen LogP contribution in [-0.4, -0.2) is 63.8 Å². The number of aromatic amines is 1. The van der Waals surface area contributed by atoms with Gasteiger partial charge < -0.3 is 20.1 Å². The summed E-state index contributed by atoms with van der Waals surface area (Å²) in [5.74, 6) is 0.745. The number of nitrogens with one attached hydrogen (secondary N) is 2. The lowest BCUT2D eigenvalue weighted by Gasteiger charge is -2.52. The summed E-state index contributed by atoms with van der Waals surface area (Å²) in [5, 5.41) is 3.32. The summed E-state index contributed by atoms with van der Waals surface area (Å²) >= 11 is 0. The first-order valence-corrected chi connectivity index (χ1v) is 10.6. The summed E-state index contributed by atoms with van der Waals surface area (Å²) in [5.41, 5.74) is 1.89. The highest BCUT2D eigenvalue weighted by Gasteiger charge is 2.50. The third-order valence-corrected chi connectivity index (χ3v) is 7.24. The number of hydrogen-bond donors (Lipinski definition) is 2. The average Bonchev–Trinajstić information content (AvgIpc) is 3.33. The Kier molecular flexibility index (Phi) is 4.22. The van der Waals surface area contributed by atoms with Crippen LogP contribution in [0, 0.1) is 5.92 Å². The summed E-state index contributed by atoms with van der Waals surface area (Å²) in [6, 6.07) is -0.0148. The van der Waals surface area contributed by atoms with Gasteiger partial charge in [0.15, 0.2) is 0 Å². The minimum atomic E-state index is -0.333. The Bertz CT molecular complexity index is 726. The normalized spacial score (nSPS) is 27.5. The lowest BCUT2D eigenvalue weighted by molar-refractivity contribution is -0.151. The lowest BCUT2D eigenvalue weighted by atomic mass is 9.76. The molecular weight excluding hydrogens is 342 g/mol. The lowest BCUT2D eigenvalue weighted by Crippen LogP contribution is -2.61. The molecule has 0 aromatic carbocycles. The monoisotopic (exact) mass is 371 g/mol. The quantitative estimate of drug-likeness (QED) is 0.818. The molecule has 1 aromatic rings. The van der Waals surface area contributed by atoms with E-state index in [1.165, 1.54) is 12.1 Å². The third kappa shape index (κ3) is 2.70. The second kappa shape index (κ2) is 6.62. The third-order valence-electron chi connectivity index (χ3n) is 7.24. The van der Waals surface area contributed by atoms with Gasteiger partial charge in [-0.2, -0.15) is 0 Å². The fourth-order valence-corrected chi connectivity index (χ4v) is 5.39. The minimum absolute atomic E-state index is 0.0148. The number of likely N-dealkylation sites (tertiary alicyclic amines) is 1. The predicted molar refractivity (Wildman–Crippen MR) is 99.9 cm³/mol. The maximum atomic E-state index is 13.2. The molecule has 1 saturated carbocycles. The van der Waals surface area contributed by atoms with E-state index >= 15 is 0 Å². The molecule has 4 heterocycles. The molecule has 1 aromatic heterocycles. The van der Waals surface area contributed by atoms with Crippen LogP contribution in [0.3, 0.4) is 0 Å². The fourth-order valence-electron chi connectivity index (χ4n) is 5.39. The number of hydrogen-bond acceptors (Lipinski definition) is 4. The SMILES string of the molecule is O=C([C@H]1CCCN1)N1CCC2(CC1)c1nc[nH]c1CCN2C(=O)C1CCC1. The second-order valence-electron chi connectivity index (χ2n) is 8.60. The number of carbonyl (C=O) groups is 2. The van der Waals surface area contributed by atoms with E-state index in [4.69, 9.17) is 0 Å². The van der Waals surface area contributed by atoms with Gasteiger partial charge in [0.1, 0.15) is 0 Å². The van der Waals surface area contributed by atoms with E-state index in [1.807, 2.05) is 4.90 Å². The van der Waals surface area contributed by atoms with Crippen molar-refractivity contribution in [2.75, 3.05) is 26.2 Å². The maximum absolute atomic E-state index is 13.2. The Labute approximate surface area is 159 Å². The second-order valence-corrected chi connectivity index (χ2v) is 8.60. The Hall–Kier alpha value is -1.89. The van der Waals surface area contributed by atoms with Crippen LogP contribution in [-0.2, 0) is 21.5 Å². The predicted octanol–water partition coefficient (Wildman–Crippen LogP) is 1.16. The van der Waals surface area contributed by atoms with Gasteiger partial charge in [-0.05, 0) is 45.1 Å². The number of carbonyl (C=O) groups excluding carboxylic acids is 2. The molecule has 0 radical (unpaired) electrons. The van der Waals surface area contributed by atoms with Crippen molar-refractivity contribution >= 4 is 11.8 Å². The number of rotatable bonds is 2. The number of fused-ring (bicyclic) bond motifs is 2. The zero-order valence-electron chi connectivity index (χ0n) is 15.9. The van der Waals surface area contributed by atoms with E-state index in [0.717, 1.165) is 63.7 Å². The van der Waals surface area contributed by atoms with E-state index in [0.29, 0.717) is 19.0 Å². The van der Waals surface area contributed by atoms with Crippen LogP contribution in [0.5, 0.6) is 0 Å². The number of piperidine rings is 1. The smallest absolute Gasteiger partial charge is 0.239 e. The number of H-pyrrole nitrogens is 1. The van der Waals surface area contributed by atoms with Crippen LogP contribution in [0.25, 0.3) is 0 Å². The van der Waals surface area contributed by atoms with Crippen molar-refractivity contribution in [1.29, 1.82) is 0 Å². The van der Waals surface area contributed by atoms with Gasteiger partial charge >= 0.3 is 0 Å². The molecule has 27 heavy (non-hydrogen) atoms. The number of imidazole rings is 1. The van der Waals surface area contributed by atoms with Crippen LogP contribution in [0.4, 0.5) is 0 Å².